The van der Waals surface area contributed by atoms with Crippen molar-refractivity contribution < 1.29 is 14.3 Å². The zero-order valence-corrected chi connectivity index (χ0v) is 10.2. The van der Waals surface area contributed by atoms with Crippen LogP contribution in [0.2, 0.25) is 0 Å². The van der Waals surface area contributed by atoms with E-state index in [9.17, 15) is 4.79 Å². The number of benzene rings is 1. The van der Waals surface area contributed by atoms with Gasteiger partial charge in [-0.3, -0.25) is 0 Å². The number of hydrogen-bond donors (Lipinski definition) is 1. The summed E-state index contributed by atoms with van der Waals surface area (Å²) in [6.45, 7) is 0.234. The van der Waals surface area contributed by atoms with Crippen LogP contribution < -0.4 is 15.2 Å². The highest BCUT2D eigenvalue weighted by molar-refractivity contribution is 6.03. The first kappa shape index (κ1) is 10.7. The van der Waals surface area contributed by atoms with E-state index in [0.29, 0.717) is 11.6 Å². The van der Waals surface area contributed by atoms with E-state index < -0.39 is 0 Å². The molecule has 1 fully saturated rings. The Hall–Kier alpha value is -2.24. The molecule has 6 heteroatoms. The van der Waals surface area contributed by atoms with Gasteiger partial charge in [-0.25, -0.2) is 4.79 Å². The molecule has 6 nitrogen and oxygen atoms in total. The van der Waals surface area contributed by atoms with E-state index in [2.05, 4.69) is 4.99 Å². The standard InChI is InChI=1S/C13H13N3O3/c14-12-11(16(8-2-3-8)13(17)15-12)7-1-4-9-10(5-7)19-6-18-9/h1,4-5,8,11H,2-3,6H2,(H2,14,15,17). The van der Waals surface area contributed by atoms with Gasteiger partial charge in [0.25, 0.3) is 0 Å². The molecule has 2 heterocycles. The van der Waals surface area contributed by atoms with Gasteiger partial charge in [-0.2, -0.15) is 4.99 Å². The fourth-order valence-corrected chi connectivity index (χ4v) is 2.62. The van der Waals surface area contributed by atoms with Crippen molar-refractivity contribution in [2.24, 2.45) is 10.7 Å². The summed E-state index contributed by atoms with van der Waals surface area (Å²) in [6, 6.07) is 5.40. The van der Waals surface area contributed by atoms with Crippen LogP contribution >= 0.6 is 0 Å². The number of nitrogens with two attached hydrogens (primary N) is 1. The average molecular weight is 259 g/mol. The van der Waals surface area contributed by atoms with Crippen molar-refractivity contribution in [1.29, 1.82) is 0 Å². The molecule has 1 unspecified atom stereocenters. The number of hydrogen-bond acceptors (Lipinski definition) is 4. The third-order valence-corrected chi connectivity index (χ3v) is 3.66. The first-order chi connectivity index (χ1) is 9.24. The van der Waals surface area contributed by atoms with Crippen LogP contribution in [-0.2, 0) is 0 Å². The Balaban J connectivity index is 1.74. The van der Waals surface area contributed by atoms with Crippen molar-refractivity contribution in [2.75, 3.05) is 6.79 Å². The normalized spacial score (nSPS) is 24.8. The molecule has 0 aromatic heterocycles. The lowest BCUT2D eigenvalue weighted by atomic mass is 10.0. The van der Waals surface area contributed by atoms with Gasteiger partial charge in [0.1, 0.15) is 11.9 Å². The van der Waals surface area contributed by atoms with Crippen molar-refractivity contribution in [3.8, 4) is 11.5 Å². The van der Waals surface area contributed by atoms with E-state index in [-0.39, 0.29) is 24.9 Å². The average Bonchev–Trinajstić information content (AvgIpc) is 3.03. The smallest absolute Gasteiger partial charge is 0.346 e. The minimum absolute atomic E-state index is 0.234. The molecule has 4 rings (SSSR count). The molecule has 2 N–H and O–H groups in total. The number of carbonyl (C=O) groups excluding carboxylic acids is 1. The molecule has 1 atom stereocenters. The van der Waals surface area contributed by atoms with Crippen LogP contribution in [0.1, 0.15) is 24.4 Å². The van der Waals surface area contributed by atoms with Gasteiger partial charge in [0.2, 0.25) is 6.79 Å². The summed E-state index contributed by atoms with van der Waals surface area (Å²) in [4.78, 5) is 17.5. The summed E-state index contributed by atoms with van der Waals surface area (Å²) in [5.74, 6) is 1.78. The molecule has 2 aliphatic heterocycles. The summed E-state index contributed by atoms with van der Waals surface area (Å²) < 4.78 is 10.7. The van der Waals surface area contributed by atoms with E-state index in [1.54, 1.807) is 4.90 Å². The topological polar surface area (TPSA) is 77.2 Å². The summed E-state index contributed by atoms with van der Waals surface area (Å²) in [7, 11) is 0. The van der Waals surface area contributed by atoms with Crippen LogP contribution in [0, 0.1) is 0 Å². The van der Waals surface area contributed by atoms with Gasteiger partial charge in [-0.05, 0) is 30.5 Å². The van der Waals surface area contributed by atoms with Gasteiger partial charge in [-0.1, -0.05) is 6.07 Å². The summed E-state index contributed by atoms with van der Waals surface area (Å²) in [5, 5.41) is 0. The first-order valence-corrected chi connectivity index (χ1v) is 6.30. The number of aliphatic imine (C=N–C) groups is 1. The zero-order chi connectivity index (χ0) is 13.0. The molecule has 1 saturated carbocycles. The van der Waals surface area contributed by atoms with Gasteiger partial charge in [0.15, 0.2) is 11.5 Å². The van der Waals surface area contributed by atoms with Crippen molar-refractivity contribution in [1.82, 2.24) is 4.90 Å². The fraction of sp³-hybridized carbons (Fsp3) is 0.385. The van der Waals surface area contributed by atoms with Crippen LogP contribution in [0.15, 0.2) is 23.2 Å². The number of amides is 2. The largest absolute Gasteiger partial charge is 0.454 e. The molecule has 2 amide bonds. The third kappa shape index (κ3) is 1.56. The lowest BCUT2D eigenvalue weighted by Gasteiger charge is -2.24. The third-order valence-electron chi connectivity index (χ3n) is 3.66. The molecular formula is C13H13N3O3. The Kier molecular flexibility index (Phi) is 2.04. The Morgan fingerprint density at radius 2 is 2.05 bits per heavy atom. The SMILES string of the molecule is NC1=NC(=O)N(C2CC2)C1c1ccc2c(c1)OCO2. The molecule has 3 aliphatic rings. The van der Waals surface area contributed by atoms with E-state index in [0.717, 1.165) is 24.2 Å². The molecular weight excluding hydrogens is 246 g/mol. The molecule has 0 radical (unpaired) electrons. The molecule has 0 bridgehead atoms. The summed E-state index contributed by atoms with van der Waals surface area (Å²) in [6.07, 6.45) is 2.05. The van der Waals surface area contributed by atoms with Gasteiger partial charge in [0, 0.05) is 6.04 Å². The molecule has 98 valence electrons. The molecule has 19 heavy (non-hydrogen) atoms. The Morgan fingerprint density at radius 3 is 2.84 bits per heavy atom. The van der Waals surface area contributed by atoms with Crippen molar-refractivity contribution in [2.45, 2.75) is 24.9 Å². The van der Waals surface area contributed by atoms with Crippen molar-refractivity contribution >= 4 is 11.9 Å². The van der Waals surface area contributed by atoms with Crippen LogP contribution in [0.4, 0.5) is 4.79 Å². The Labute approximate surface area is 109 Å². The first-order valence-electron chi connectivity index (χ1n) is 6.30. The number of ether oxygens (including phenoxy) is 2. The summed E-state index contributed by atoms with van der Waals surface area (Å²) >= 11 is 0. The quantitative estimate of drug-likeness (QED) is 0.871. The molecule has 1 aliphatic carbocycles. The highest BCUT2D eigenvalue weighted by Crippen LogP contribution is 2.41. The fourth-order valence-electron chi connectivity index (χ4n) is 2.62. The number of nitrogens with zero attached hydrogens (tertiary/aromatic N) is 2. The monoisotopic (exact) mass is 259 g/mol. The van der Waals surface area contributed by atoms with Crippen LogP contribution in [0.5, 0.6) is 11.5 Å². The lowest BCUT2D eigenvalue weighted by molar-refractivity contribution is 0.173. The Morgan fingerprint density at radius 1 is 1.26 bits per heavy atom. The van der Waals surface area contributed by atoms with Gasteiger partial charge in [0.05, 0.1) is 0 Å². The second kappa shape index (κ2) is 3.63. The maximum absolute atomic E-state index is 11.9. The maximum atomic E-state index is 11.9. The minimum atomic E-state index is -0.269. The van der Waals surface area contributed by atoms with Crippen LogP contribution in [0.25, 0.3) is 0 Å². The van der Waals surface area contributed by atoms with E-state index in [4.69, 9.17) is 15.2 Å². The van der Waals surface area contributed by atoms with Crippen molar-refractivity contribution in [3.05, 3.63) is 23.8 Å². The van der Waals surface area contributed by atoms with Gasteiger partial charge >= 0.3 is 6.03 Å². The maximum Gasteiger partial charge on any atom is 0.346 e. The predicted octanol–water partition coefficient (Wildman–Crippen LogP) is 1.41. The van der Waals surface area contributed by atoms with E-state index in [1.807, 2.05) is 18.2 Å². The molecule has 0 saturated heterocycles. The molecule has 0 spiro atoms. The van der Waals surface area contributed by atoms with Crippen LogP contribution in [-0.4, -0.2) is 29.6 Å². The number of carbonyl (C=O) groups is 1. The molecule has 1 aromatic carbocycles. The number of fused-ring (bicyclic) bond motifs is 1. The molecule has 1 aromatic rings. The lowest BCUT2D eigenvalue weighted by Crippen LogP contribution is -2.34. The van der Waals surface area contributed by atoms with Gasteiger partial charge < -0.3 is 20.1 Å². The second-order valence-corrected chi connectivity index (χ2v) is 4.97. The van der Waals surface area contributed by atoms with Gasteiger partial charge in [-0.15, -0.1) is 0 Å². The van der Waals surface area contributed by atoms with Crippen LogP contribution in [0.3, 0.4) is 0 Å². The highest BCUT2D eigenvalue weighted by atomic mass is 16.7. The second-order valence-electron chi connectivity index (χ2n) is 4.97. The van der Waals surface area contributed by atoms with Crippen molar-refractivity contribution in [3.63, 3.8) is 0 Å². The Bertz CT molecular complexity index is 595. The zero-order valence-electron chi connectivity index (χ0n) is 10.2. The summed E-state index contributed by atoms with van der Waals surface area (Å²) in [5.41, 5.74) is 6.84. The number of urea groups is 1. The highest BCUT2D eigenvalue weighted by Gasteiger charge is 2.43. The number of amidine groups is 1. The van der Waals surface area contributed by atoms with E-state index >= 15 is 0 Å². The van der Waals surface area contributed by atoms with E-state index in [1.165, 1.54) is 0 Å². The minimum Gasteiger partial charge on any atom is -0.454 e. The predicted molar refractivity (Wildman–Crippen MR) is 67.2 cm³/mol. The number of rotatable bonds is 2.